The van der Waals surface area contributed by atoms with Crippen molar-refractivity contribution in [1.82, 2.24) is 5.32 Å². The standard InChI is InChI=1S/C13H25NO2S/c1-12(13(15)16-2)8-10-14-9-6-4-5-7-11-17-3/h8,14H,4-7,9-11H2,1-3H3. The highest BCUT2D eigenvalue weighted by Crippen LogP contribution is 2.03. The number of unbranched alkanes of at least 4 members (excludes halogenated alkanes) is 3. The summed E-state index contributed by atoms with van der Waals surface area (Å²) < 4.78 is 4.61. The maximum atomic E-state index is 11.1. The van der Waals surface area contributed by atoms with E-state index in [4.69, 9.17) is 0 Å². The van der Waals surface area contributed by atoms with Crippen molar-refractivity contribution in [2.75, 3.05) is 32.2 Å². The Balaban J connectivity index is 3.31. The molecule has 100 valence electrons. The summed E-state index contributed by atoms with van der Waals surface area (Å²) >= 11 is 1.91. The molecule has 0 heterocycles. The van der Waals surface area contributed by atoms with Crippen molar-refractivity contribution >= 4 is 17.7 Å². The van der Waals surface area contributed by atoms with Gasteiger partial charge in [-0.15, -0.1) is 0 Å². The number of carbonyl (C=O) groups excluding carboxylic acids is 1. The molecule has 0 fully saturated rings. The van der Waals surface area contributed by atoms with Gasteiger partial charge < -0.3 is 10.1 Å². The van der Waals surface area contributed by atoms with Crippen molar-refractivity contribution in [3.8, 4) is 0 Å². The predicted octanol–water partition coefficient (Wildman–Crippen LogP) is 2.62. The minimum Gasteiger partial charge on any atom is -0.466 e. The second-order valence-electron chi connectivity index (χ2n) is 3.99. The minimum absolute atomic E-state index is 0.246. The lowest BCUT2D eigenvalue weighted by Gasteiger charge is -2.03. The molecular weight excluding hydrogens is 234 g/mol. The summed E-state index contributed by atoms with van der Waals surface area (Å²) in [5, 5.41) is 3.30. The summed E-state index contributed by atoms with van der Waals surface area (Å²) in [7, 11) is 1.40. The molecule has 0 aromatic rings. The van der Waals surface area contributed by atoms with Crippen LogP contribution < -0.4 is 5.32 Å². The topological polar surface area (TPSA) is 38.3 Å². The largest absolute Gasteiger partial charge is 0.466 e. The Morgan fingerprint density at radius 1 is 1.29 bits per heavy atom. The first-order valence-electron chi connectivity index (χ1n) is 6.17. The van der Waals surface area contributed by atoms with Gasteiger partial charge in [0.2, 0.25) is 0 Å². The SMILES string of the molecule is COC(=O)C(C)=CCNCCCCCCSC. The quantitative estimate of drug-likeness (QED) is 0.372. The highest BCUT2D eigenvalue weighted by molar-refractivity contribution is 7.98. The van der Waals surface area contributed by atoms with E-state index in [1.165, 1.54) is 38.5 Å². The maximum Gasteiger partial charge on any atom is 0.333 e. The summed E-state index contributed by atoms with van der Waals surface area (Å²) in [6, 6.07) is 0. The molecule has 0 aromatic carbocycles. The van der Waals surface area contributed by atoms with Crippen LogP contribution in [0.5, 0.6) is 0 Å². The highest BCUT2D eigenvalue weighted by atomic mass is 32.2. The number of methoxy groups -OCH3 is 1. The van der Waals surface area contributed by atoms with E-state index >= 15 is 0 Å². The number of ether oxygens (including phenoxy) is 1. The van der Waals surface area contributed by atoms with E-state index in [-0.39, 0.29) is 5.97 Å². The number of esters is 1. The van der Waals surface area contributed by atoms with Gasteiger partial charge in [0, 0.05) is 12.1 Å². The molecule has 0 aliphatic heterocycles. The van der Waals surface area contributed by atoms with Crippen molar-refractivity contribution in [1.29, 1.82) is 0 Å². The average Bonchev–Trinajstić information content (AvgIpc) is 2.35. The van der Waals surface area contributed by atoms with Crippen molar-refractivity contribution in [3.05, 3.63) is 11.6 Å². The van der Waals surface area contributed by atoms with Gasteiger partial charge in [-0.25, -0.2) is 4.79 Å². The van der Waals surface area contributed by atoms with Gasteiger partial charge >= 0.3 is 5.97 Å². The molecule has 0 saturated carbocycles. The summed E-state index contributed by atoms with van der Waals surface area (Å²) in [5.41, 5.74) is 0.667. The number of hydrogen-bond donors (Lipinski definition) is 1. The molecule has 0 aliphatic carbocycles. The van der Waals surface area contributed by atoms with Crippen LogP contribution in [0.2, 0.25) is 0 Å². The minimum atomic E-state index is -0.246. The summed E-state index contributed by atoms with van der Waals surface area (Å²) in [6.07, 6.45) is 9.16. The zero-order chi connectivity index (χ0) is 12.9. The first-order chi connectivity index (χ1) is 8.22. The number of hydrogen-bond acceptors (Lipinski definition) is 4. The molecule has 0 amide bonds. The van der Waals surface area contributed by atoms with Gasteiger partial charge in [0.15, 0.2) is 0 Å². The number of nitrogens with one attached hydrogen (secondary N) is 1. The predicted molar refractivity (Wildman–Crippen MR) is 75.5 cm³/mol. The fraction of sp³-hybridized carbons (Fsp3) is 0.769. The van der Waals surface area contributed by atoms with Crippen LogP contribution in [0.25, 0.3) is 0 Å². The lowest BCUT2D eigenvalue weighted by Crippen LogP contribution is -2.16. The molecule has 0 saturated heterocycles. The molecule has 0 aromatic heterocycles. The van der Waals surface area contributed by atoms with Crippen LogP contribution in [0.3, 0.4) is 0 Å². The molecule has 0 radical (unpaired) electrons. The summed E-state index contributed by atoms with van der Waals surface area (Å²) in [5.74, 6) is 1.03. The second kappa shape index (κ2) is 12.0. The third kappa shape index (κ3) is 10.4. The smallest absolute Gasteiger partial charge is 0.333 e. The summed E-state index contributed by atoms with van der Waals surface area (Å²) in [4.78, 5) is 11.1. The normalized spacial score (nSPS) is 11.6. The van der Waals surface area contributed by atoms with Crippen molar-refractivity contribution < 1.29 is 9.53 Å². The van der Waals surface area contributed by atoms with Crippen LogP contribution in [-0.2, 0) is 9.53 Å². The Morgan fingerprint density at radius 3 is 2.65 bits per heavy atom. The maximum absolute atomic E-state index is 11.1. The number of rotatable bonds is 10. The molecule has 0 spiro atoms. The molecular formula is C13H25NO2S. The van der Waals surface area contributed by atoms with Gasteiger partial charge in [-0.3, -0.25) is 0 Å². The van der Waals surface area contributed by atoms with E-state index in [2.05, 4.69) is 16.3 Å². The van der Waals surface area contributed by atoms with E-state index in [0.29, 0.717) is 5.57 Å². The van der Waals surface area contributed by atoms with Gasteiger partial charge in [-0.1, -0.05) is 18.9 Å². The Bertz CT molecular complexity index is 229. The average molecular weight is 259 g/mol. The molecule has 0 rings (SSSR count). The van der Waals surface area contributed by atoms with Gasteiger partial charge in [-0.2, -0.15) is 11.8 Å². The molecule has 4 heteroatoms. The van der Waals surface area contributed by atoms with Gasteiger partial charge in [0.25, 0.3) is 0 Å². The van der Waals surface area contributed by atoms with E-state index in [1.807, 2.05) is 17.8 Å². The van der Waals surface area contributed by atoms with E-state index in [1.54, 1.807) is 6.92 Å². The first kappa shape index (κ1) is 16.5. The van der Waals surface area contributed by atoms with Crippen molar-refractivity contribution in [2.45, 2.75) is 32.6 Å². The molecule has 0 unspecified atom stereocenters. The Morgan fingerprint density at radius 2 is 2.00 bits per heavy atom. The molecule has 1 N–H and O–H groups in total. The fourth-order valence-electron chi connectivity index (χ4n) is 1.42. The highest BCUT2D eigenvalue weighted by Gasteiger charge is 2.00. The molecule has 3 nitrogen and oxygen atoms in total. The van der Waals surface area contributed by atoms with Crippen molar-refractivity contribution in [3.63, 3.8) is 0 Å². The fourth-order valence-corrected chi connectivity index (χ4v) is 1.91. The van der Waals surface area contributed by atoms with Gasteiger partial charge in [0.1, 0.15) is 0 Å². The zero-order valence-electron chi connectivity index (χ0n) is 11.3. The number of thioether (sulfide) groups is 1. The van der Waals surface area contributed by atoms with Gasteiger partial charge in [-0.05, 0) is 38.3 Å². The third-order valence-corrected chi connectivity index (χ3v) is 3.21. The lowest BCUT2D eigenvalue weighted by atomic mass is 10.2. The Kier molecular flexibility index (Phi) is 11.7. The van der Waals surface area contributed by atoms with Crippen LogP contribution in [-0.4, -0.2) is 38.2 Å². The van der Waals surface area contributed by atoms with Crippen LogP contribution in [0.4, 0.5) is 0 Å². The molecule has 0 aliphatic rings. The first-order valence-corrected chi connectivity index (χ1v) is 7.56. The summed E-state index contributed by atoms with van der Waals surface area (Å²) in [6.45, 7) is 3.53. The second-order valence-corrected chi connectivity index (χ2v) is 4.98. The Hall–Kier alpha value is -0.480. The van der Waals surface area contributed by atoms with Crippen LogP contribution in [0.15, 0.2) is 11.6 Å². The molecule has 0 bridgehead atoms. The third-order valence-electron chi connectivity index (χ3n) is 2.51. The van der Waals surface area contributed by atoms with Crippen LogP contribution >= 0.6 is 11.8 Å². The monoisotopic (exact) mass is 259 g/mol. The lowest BCUT2D eigenvalue weighted by molar-refractivity contribution is -0.136. The van der Waals surface area contributed by atoms with E-state index in [0.717, 1.165) is 13.1 Å². The van der Waals surface area contributed by atoms with E-state index < -0.39 is 0 Å². The Labute approximate surface area is 109 Å². The molecule has 0 atom stereocenters. The number of carbonyl (C=O) groups is 1. The molecule has 17 heavy (non-hydrogen) atoms. The van der Waals surface area contributed by atoms with Crippen LogP contribution in [0.1, 0.15) is 32.6 Å². The van der Waals surface area contributed by atoms with Crippen LogP contribution in [0, 0.1) is 0 Å². The van der Waals surface area contributed by atoms with Gasteiger partial charge in [0.05, 0.1) is 7.11 Å². The van der Waals surface area contributed by atoms with Crippen molar-refractivity contribution in [2.24, 2.45) is 0 Å². The zero-order valence-corrected chi connectivity index (χ0v) is 12.1. The van der Waals surface area contributed by atoms with E-state index in [9.17, 15) is 4.79 Å².